The van der Waals surface area contributed by atoms with Crippen molar-refractivity contribution in [3.63, 3.8) is 0 Å². The van der Waals surface area contributed by atoms with Gasteiger partial charge < -0.3 is 5.73 Å². The number of anilines is 1. The summed E-state index contributed by atoms with van der Waals surface area (Å²) in [5.41, 5.74) is 7.51. The Kier molecular flexibility index (Phi) is 3.67. The van der Waals surface area contributed by atoms with E-state index in [-0.39, 0.29) is 0 Å². The lowest BCUT2D eigenvalue weighted by molar-refractivity contribution is 0.249. The van der Waals surface area contributed by atoms with Gasteiger partial charge in [-0.15, -0.1) is 5.10 Å². The van der Waals surface area contributed by atoms with Gasteiger partial charge in [-0.05, 0) is 60.4 Å². The molecule has 0 aliphatic heterocycles. The summed E-state index contributed by atoms with van der Waals surface area (Å²) >= 11 is 0. The maximum absolute atomic E-state index is 5.74. The molecule has 1 saturated carbocycles. The molecule has 0 spiro atoms. The molecule has 3 rings (SSSR count). The van der Waals surface area contributed by atoms with E-state index in [4.69, 9.17) is 5.73 Å². The summed E-state index contributed by atoms with van der Waals surface area (Å²) in [7, 11) is 0. The molecule has 5 nitrogen and oxygen atoms in total. The lowest BCUT2D eigenvalue weighted by Crippen LogP contribution is -2.21. The molecule has 2 aromatic rings. The number of aromatic nitrogens is 4. The van der Waals surface area contributed by atoms with Crippen molar-refractivity contribution in [1.29, 1.82) is 0 Å². The fourth-order valence-electron chi connectivity index (χ4n) is 3.11. The van der Waals surface area contributed by atoms with Gasteiger partial charge in [0.05, 0.1) is 6.04 Å². The lowest BCUT2D eigenvalue weighted by atomic mass is 9.84. The Bertz CT molecular complexity index is 554. The van der Waals surface area contributed by atoms with Gasteiger partial charge in [0.15, 0.2) is 5.82 Å². The molecule has 0 saturated heterocycles. The van der Waals surface area contributed by atoms with Gasteiger partial charge in [-0.3, -0.25) is 0 Å². The average molecular weight is 271 g/mol. The molecule has 0 bridgehead atoms. The van der Waals surface area contributed by atoms with E-state index in [1.165, 1.54) is 32.1 Å². The first-order chi connectivity index (χ1) is 9.75. The Hall–Kier alpha value is -1.91. The number of tetrazole rings is 1. The number of nitrogens with two attached hydrogens (primary N) is 1. The number of rotatable bonds is 3. The van der Waals surface area contributed by atoms with Crippen LogP contribution in [-0.2, 0) is 0 Å². The van der Waals surface area contributed by atoms with Crippen molar-refractivity contribution in [1.82, 2.24) is 20.2 Å². The van der Waals surface area contributed by atoms with Crippen LogP contribution in [0.15, 0.2) is 24.3 Å². The zero-order valence-corrected chi connectivity index (χ0v) is 11.9. The highest BCUT2D eigenvalue weighted by atomic mass is 15.5. The summed E-state index contributed by atoms with van der Waals surface area (Å²) in [6.07, 6.45) is 6.58. The van der Waals surface area contributed by atoms with Gasteiger partial charge in [0.2, 0.25) is 0 Å². The molecule has 20 heavy (non-hydrogen) atoms. The Balaban J connectivity index is 1.87. The van der Waals surface area contributed by atoms with E-state index in [0.717, 1.165) is 17.1 Å². The Morgan fingerprint density at radius 3 is 2.55 bits per heavy atom. The van der Waals surface area contributed by atoms with Crippen molar-refractivity contribution < 1.29 is 0 Å². The molecule has 1 aromatic carbocycles. The molecule has 5 heteroatoms. The normalized spacial score (nSPS) is 18.1. The number of nitrogen functional groups attached to an aromatic ring is 1. The Labute approximate surface area is 119 Å². The molecule has 1 heterocycles. The van der Waals surface area contributed by atoms with Gasteiger partial charge in [0.1, 0.15) is 0 Å². The maximum atomic E-state index is 5.74. The van der Waals surface area contributed by atoms with Gasteiger partial charge >= 0.3 is 0 Å². The predicted octanol–water partition coefficient (Wildman–Crippen LogP) is 3.06. The first-order valence-electron chi connectivity index (χ1n) is 7.39. The summed E-state index contributed by atoms with van der Waals surface area (Å²) < 4.78 is 1.97. The van der Waals surface area contributed by atoms with Gasteiger partial charge in [-0.25, -0.2) is 4.68 Å². The smallest absolute Gasteiger partial charge is 0.182 e. The first kappa shape index (κ1) is 13.1. The van der Waals surface area contributed by atoms with Crippen LogP contribution < -0.4 is 5.73 Å². The third-order valence-electron chi connectivity index (χ3n) is 4.38. The quantitative estimate of drug-likeness (QED) is 0.871. The molecular weight excluding hydrogens is 250 g/mol. The predicted molar refractivity (Wildman–Crippen MR) is 79.0 cm³/mol. The van der Waals surface area contributed by atoms with Gasteiger partial charge in [0, 0.05) is 11.3 Å². The zero-order valence-electron chi connectivity index (χ0n) is 11.9. The van der Waals surface area contributed by atoms with Crippen molar-refractivity contribution in [2.75, 3.05) is 5.73 Å². The number of hydrogen-bond acceptors (Lipinski definition) is 4. The van der Waals surface area contributed by atoms with Crippen molar-refractivity contribution >= 4 is 5.69 Å². The van der Waals surface area contributed by atoms with Crippen molar-refractivity contribution in [3.8, 4) is 11.4 Å². The van der Waals surface area contributed by atoms with E-state index < -0.39 is 0 Å². The minimum absolute atomic E-state index is 0.345. The summed E-state index contributed by atoms with van der Waals surface area (Å²) in [5.74, 6) is 1.52. The second-order valence-electron chi connectivity index (χ2n) is 5.71. The van der Waals surface area contributed by atoms with Crippen molar-refractivity contribution in [2.24, 2.45) is 5.92 Å². The highest BCUT2D eigenvalue weighted by Crippen LogP contribution is 2.33. The second-order valence-corrected chi connectivity index (χ2v) is 5.71. The molecule has 1 aliphatic carbocycles. The van der Waals surface area contributed by atoms with Crippen molar-refractivity contribution in [3.05, 3.63) is 24.3 Å². The monoisotopic (exact) mass is 271 g/mol. The molecule has 0 radical (unpaired) electrons. The average Bonchev–Trinajstić information content (AvgIpc) is 2.97. The van der Waals surface area contributed by atoms with Crippen LogP contribution in [-0.4, -0.2) is 20.2 Å². The van der Waals surface area contributed by atoms with Crippen LogP contribution in [0.1, 0.15) is 45.1 Å². The van der Waals surface area contributed by atoms with Crippen molar-refractivity contribution in [2.45, 2.75) is 45.1 Å². The molecule has 1 aliphatic rings. The molecule has 1 atom stereocenters. The molecule has 2 N–H and O–H groups in total. The summed E-state index contributed by atoms with van der Waals surface area (Å²) in [5, 5.41) is 12.3. The van der Waals surface area contributed by atoms with Crippen LogP contribution in [0.4, 0.5) is 5.69 Å². The number of nitrogens with zero attached hydrogens (tertiary/aromatic N) is 4. The van der Waals surface area contributed by atoms with Gasteiger partial charge in [0.25, 0.3) is 0 Å². The summed E-state index contributed by atoms with van der Waals surface area (Å²) in [6.45, 7) is 2.23. The molecular formula is C15H21N5. The number of hydrogen-bond donors (Lipinski definition) is 1. The van der Waals surface area contributed by atoms with E-state index >= 15 is 0 Å². The van der Waals surface area contributed by atoms with E-state index in [0.29, 0.717) is 12.0 Å². The largest absolute Gasteiger partial charge is 0.399 e. The fraction of sp³-hybridized carbons (Fsp3) is 0.533. The Morgan fingerprint density at radius 1 is 1.15 bits per heavy atom. The summed E-state index contributed by atoms with van der Waals surface area (Å²) in [4.78, 5) is 0. The van der Waals surface area contributed by atoms with Crippen LogP contribution >= 0.6 is 0 Å². The highest BCUT2D eigenvalue weighted by molar-refractivity contribution is 5.58. The van der Waals surface area contributed by atoms with Gasteiger partial charge in [-0.1, -0.05) is 19.3 Å². The minimum atomic E-state index is 0.345. The van der Waals surface area contributed by atoms with Crippen LogP contribution in [0.5, 0.6) is 0 Å². The van der Waals surface area contributed by atoms with Crippen LogP contribution in [0, 0.1) is 5.92 Å². The molecule has 1 unspecified atom stereocenters. The van der Waals surface area contributed by atoms with E-state index in [9.17, 15) is 0 Å². The lowest BCUT2D eigenvalue weighted by Gasteiger charge is -2.27. The standard InChI is InChI=1S/C15H21N5/c1-11(12-5-3-2-4-6-12)20-15(17-18-19-20)13-7-9-14(16)10-8-13/h7-12H,2-6,16H2,1H3. The van der Waals surface area contributed by atoms with Crippen LogP contribution in [0.3, 0.4) is 0 Å². The van der Waals surface area contributed by atoms with E-state index in [1.807, 2.05) is 28.9 Å². The molecule has 1 aromatic heterocycles. The third-order valence-corrected chi connectivity index (χ3v) is 4.38. The zero-order chi connectivity index (χ0) is 13.9. The molecule has 0 amide bonds. The maximum Gasteiger partial charge on any atom is 0.182 e. The topological polar surface area (TPSA) is 69.6 Å². The minimum Gasteiger partial charge on any atom is -0.399 e. The highest BCUT2D eigenvalue weighted by Gasteiger charge is 2.24. The third kappa shape index (κ3) is 2.53. The van der Waals surface area contributed by atoms with E-state index in [2.05, 4.69) is 22.4 Å². The van der Waals surface area contributed by atoms with Crippen LogP contribution in [0.2, 0.25) is 0 Å². The molecule has 106 valence electrons. The SMILES string of the molecule is CC(C1CCCCC1)n1nnnc1-c1ccc(N)cc1. The van der Waals surface area contributed by atoms with Gasteiger partial charge in [-0.2, -0.15) is 0 Å². The van der Waals surface area contributed by atoms with E-state index in [1.54, 1.807) is 0 Å². The second kappa shape index (κ2) is 5.61. The Morgan fingerprint density at radius 2 is 1.85 bits per heavy atom. The number of benzene rings is 1. The molecule has 1 fully saturated rings. The van der Waals surface area contributed by atoms with Crippen LogP contribution in [0.25, 0.3) is 11.4 Å². The fourth-order valence-corrected chi connectivity index (χ4v) is 3.11. The summed E-state index contributed by atoms with van der Waals surface area (Å²) in [6, 6.07) is 8.08. The first-order valence-corrected chi connectivity index (χ1v) is 7.39.